The van der Waals surface area contributed by atoms with Crippen LogP contribution in [0, 0.1) is 10.1 Å². The van der Waals surface area contributed by atoms with Gasteiger partial charge in [-0.15, -0.1) is 0 Å². The van der Waals surface area contributed by atoms with Crippen molar-refractivity contribution in [3.8, 4) is 17.2 Å². The molecule has 0 aliphatic carbocycles. The Labute approximate surface area is 160 Å². The minimum absolute atomic E-state index is 0.0881. The van der Waals surface area contributed by atoms with Crippen molar-refractivity contribution in [1.82, 2.24) is 0 Å². The van der Waals surface area contributed by atoms with E-state index in [1.54, 1.807) is 12.1 Å². The van der Waals surface area contributed by atoms with Crippen LogP contribution < -0.4 is 24.8 Å². The minimum Gasteiger partial charge on any atom is -0.495 e. The summed E-state index contributed by atoms with van der Waals surface area (Å²) in [6, 6.07) is 7.39. The Morgan fingerprint density at radius 2 is 1.58 bits per heavy atom. The number of benzene rings is 2. The number of anilines is 2. The molecule has 0 spiro atoms. The summed E-state index contributed by atoms with van der Waals surface area (Å²) in [5.41, 5.74) is 0.903. The molecule has 0 radical (unpaired) electrons. The molecule has 0 aromatic heterocycles. The summed E-state index contributed by atoms with van der Waals surface area (Å²) in [5.74, 6) is 1.22. The average molecular weight is 398 g/mol. The van der Waals surface area contributed by atoms with E-state index in [1.165, 1.54) is 39.5 Å². The van der Waals surface area contributed by atoms with Crippen molar-refractivity contribution in [2.75, 3.05) is 32.0 Å². The summed E-state index contributed by atoms with van der Waals surface area (Å²) < 4.78 is 15.6. The number of halogens is 1. The van der Waals surface area contributed by atoms with E-state index in [4.69, 9.17) is 38.0 Å². The number of ether oxygens (including phenoxy) is 3. The van der Waals surface area contributed by atoms with E-state index < -0.39 is 4.92 Å². The minimum atomic E-state index is -0.507. The SMILES string of the molecule is COc1cc(OC)c(NC(=S)Nc2ccc([N+](=O)[O-])cc2OC)cc1Cl. The van der Waals surface area contributed by atoms with E-state index in [2.05, 4.69) is 10.6 Å². The highest BCUT2D eigenvalue weighted by molar-refractivity contribution is 7.80. The van der Waals surface area contributed by atoms with Crippen molar-refractivity contribution in [3.05, 3.63) is 45.5 Å². The van der Waals surface area contributed by atoms with Crippen LogP contribution in [0.1, 0.15) is 0 Å². The van der Waals surface area contributed by atoms with Gasteiger partial charge in [-0.3, -0.25) is 10.1 Å². The Bertz CT molecular complexity index is 847. The summed E-state index contributed by atoms with van der Waals surface area (Å²) in [4.78, 5) is 10.3. The van der Waals surface area contributed by atoms with Gasteiger partial charge in [0.1, 0.15) is 17.2 Å². The van der Waals surface area contributed by atoms with E-state index in [1.807, 2.05) is 0 Å². The monoisotopic (exact) mass is 397 g/mol. The number of nitrogens with one attached hydrogen (secondary N) is 2. The first-order valence-corrected chi connectivity index (χ1v) is 8.00. The average Bonchev–Trinajstić information content (AvgIpc) is 2.62. The van der Waals surface area contributed by atoms with Crippen molar-refractivity contribution in [2.24, 2.45) is 0 Å². The van der Waals surface area contributed by atoms with Crippen LogP contribution in [0.4, 0.5) is 17.1 Å². The number of nitrogens with zero attached hydrogens (tertiary/aromatic N) is 1. The number of hydrogen-bond acceptors (Lipinski definition) is 6. The van der Waals surface area contributed by atoms with Gasteiger partial charge in [0.2, 0.25) is 0 Å². The van der Waals surface area contributed by atoms with Gasteiger partial charge in [-0.1, -0.05) is 11.6 Å². The topological polar surface area (TPSA) is 94.9 Å². The molecule has 0 aliphatic heterocycles. The van der Waals surface area contributed by atoms with Crippen molar-refractivity contribution < 1.29 is 19.1 Å². The predicted molar refractivity (Wildman–Crippen MR) is 104 cm³/mol. The first-order chi connectivity index (χ1) is 12.4. The standard InChI is InChI=1S/C16H16ClN3O5S/c1-23-13-8-15(25-3)12(7-10(13)17)19-16(26)18-11-5-4-9(20(21)22)6-14(11)24-2/h4-8H,1-3H3,(H2,18,19,26). The number of methoxy groups -OCH3 is 3. The number of non-ortho nitro benzene ring substituents is 1. The van der Waals surface area contributed by atoms with Crippen molar-refractivity contribution in [1.29, 1.82) is 0 Å². The molecule has 138 valence electrons. The number of hydrogen-bond donors (Lipinski definition) is 2. The molecule has 2 N–H and O–H groups in total. The lowest BCUT2D eigenvalue weighted by Gasteiger charge is -2.16. The Balaban J connectivity index is 2.21. The highest BCUT2D eigenvalue weighted by Gasteiger charge is 2.14. The van der Waals surface area contributed by atoms with Gasteiger partial charge in [-0.2, -0.15) is 0 Å². The van der Waals surface area contributed by atoms with Gasteiger partial charge in [-0.25, -0.2) is 0 Å². The molecule has 0 aliphatic rings. The Morgan fingerprint density at radius 1 is 1.00 bits per heavy atom. The molecule has 0 heterocycles. The predicted octanol–water partition coefficient (Wildman–Crippen LogP) is 4.08. The molecule has 26 heavy (non-hydrogen) atoms. The largest absolute Gasteiger partial charge is 0.495 e. The van der Waals surface area contributed by atoms with E-state index >= 15 is 0 Å². The summed E-state index contributed by atoms with van der Waals surface area (Å²) in [5, 5.41) is 17.3. The van der Waals surface area contributed by atoms with Gasteiger partial charge < -0.3 is 24.8 Å². The molecule has 8 nitrogen and oxygen atoms in total. The highest BCUT2D eigenvalue weighted by atomic mass is 35.5. The zero-order chi connectivity index (χ0) is 19.3. The maximum atomic E-state index is 10.9. The number of rotatable bonds is 6. The maximum Gasteiger partial charge on any atom is 0.273 e. The zero-order valence-electron chi connectivity index (χ0n) is 14.2. The van der Waals surface area contributed by atoms with Gasteiger partial charge in [0.25, 0.3) is 5.69 Å². The third kappa shape index (κ3) is 4.44. The van der Waals surface area contributed by atoms with Gasteiger partial charge >= 0.3 is 0 Å². The fourth-order valence-corrected chi connectivity index (χ4v) is 2.59. The zero-order valence-corrected chi connectivity index (χ0v) is 15.7. The second-order valence-corrected chi connectivity index (χ2v) is 5.72. The molecule has 10 heteroatoms. The number of nitro groups is 1. The lowest BCUT2D eigenvalue weighted by Crippen LogP contribution is -2.20. The van der Waals surface area contributed by atoms with Gasteiger partial charge in [0.15, 0.2) is 5.11 Å². The first kappa shape index (κ1) is 19.5. The summed E-state index contributed by atoms with van der Waals surface area (Å²) in [6.45, 7) is 0. The summed E-state index contributed by atoms with van der Waals surface area (Å²) in [7, 11) is 4.41. The number of nitro benzene ring substituents is 1. The quantitative estimate of drug-likeness (QED) is 0.427. The second-order valence-electron chi connectivity index (χ2n) is 4.91. The maximum absolute atomic E-state index is 10.9. The molecule has 0 bridgehead atoms. The molecule has 0 saturated heterocycles. The van der Waals surface area contributed by atoms with Crippen LogP contribution in [0.5, 0.6) is 17.2 Å². The van der Waals surface area contributed by atoms with Crippen LogP contribution in [0.25, 0.3) is 0 Å². The molecular weight excluding hydrogens is 382 g/mol. The number of thiocarbonyl (C=S) groups is 1. The van der Waals surface area contributed by atoms with Gasteiger partial charge in [0.05, 0.1) is 48.7 Å². The van der Waals surface area contributed by atoms with Crippen LogP contribution in [0.3, 0.4) is 0 Å². The fraction of sp³-hybridized carbons (Fsp3) is 0.188. The smallest absolute Gasteiger partial charge is 0.273 e. The van der Waals surface area contributed by atoms with Crippen molar-refractivity contribution >= 4 is 46.0 Å². The van der Waals surface area contributed by atoms with E-state index in [-0.39, 0.29) is 16.5 Å². The molecule has 0 amide bonds. The molecule has 0 unspecified atom stereocenters. The third-order valence-corrected chi connectivity index (χ3v) is 3.87. The van der Waals surface area contributed by atoms with E-state index in [0.29, 0.717) is 27.9 Å². The lowest BCUT2D eigenvalue weighted by atomic mass is 10.2. The van der Waals surface area contributed by atoms with Crippen LogP contribution >= 0.6 is 23.8 Å². The Hall–Kier alpha value is -2.78. The van der Waals surface area contributed by atoms with Crippen LogP contribution in [0.15, 0.2) is 30.3 Å². The van der Waals surface area contributed by atoms with E-state index in [9.17, 15) is 10.1 Å². The Morgan fingerprint density at radius 3 is 2.15 bits per heavy atom. The first-order valence-electron chi connectivity index (χ1n) is 7.21. The Kier molecular flexibility index (Phi) is 6.42. The molecular formula is C16H16ClN3O5S. The van der Waals surface area contributed by atoms with E-state index in [0.717, 1.165) is 0 Å². The molecule has 2 aromatic rings. The summed E-state index contributed by atoms with van der Waals surface area (Å²) >= 11 is 11.4. The van der Waals surface area contributed by atoms with Gasteiger partial charge in [0, 0.05) is 12.1 Å². The fourth-order valence-electron chi connectivity index (χ4n) is 2.13. The third-order valence-electron chi connectivity index (χ3n) is 3.37. The second kappa shape index (κ2) is 8.54. The molecule has 2 rings (SSSR count). The molecule has 0 atom stereocenters. The van der Waals surface area contributed by atoms with Crippen molar-refractivity contribution in [3.63, 3.8) is 0 Å². The normalized spacial score (nSPS) is 10.0. The molecule has 0 fully saturated rings. The van der Waals surface area contributed by atoms with Crippen LogP contribution in [-0.2, 0) is 0 Å². The molecule has 0 saturated carbocycles. The van der Waals surface area contributed by atoms with Gasteiger partial charge in [-0.05, 0) is 24.4 Å². The van der Waals surface area contributed by atoms with Crippen LogP contribution in [0.2, 0.25) is 5.02 Å². The summed E-state index contributed by atoms with van der Waals surface area (Å²) in [6.07, 6.45) is 0. The molecule has 2 aromatic carbocycles. The highest BCUT2D eigenvalue weighted by Crippen LogP contribution is 2.36. The lowest BCUT2D eigenvalue weighted by molar-refractivity contribution is -0.384. The van der Waals surface area contributed by atoms with Crippen molar-refractivity contribution in [2.45, 2.75) is 0 Å². The van der Waals surface area contributed by atoms with Crippen LogP contribution in [-0.4, -0.2) is 31.4 Å².